The van der Waals surface area contributed by atoms with Crippen LogP contribution in [0.15, 0.2) is 121 Å². The van der Waals surface area contributed by atoms with Crippen LogP contribution in [0.4, 0.5) is 0 Å². The summed E-state index contributed by atoms with van der Waals surface area (Å²) in [5, 5.41) is 2.94. The van der Waals surface area contributed by atoms with Crippen LogP contribution >= 0.6 is 0 Å². The van der Waals surface area contributed by atoms with Crippen LogP contribution in [0.3, 0.4) is 0 Å². The minimum Gasteiger partial charge on any atom is -0.199 e. The predicted molar refractivity (Wildman–Crippen MR) is 149 cm³/mol. The number of aryl methyl sites for hydroxylation is 2. The Kier molecular flexibility index (Phi) is 12.6. The fourth-order valence-electron chi connectivity index (χ4n) is 3.92. The molecule has 0 unspecified atom stereocenters. The second-order valence-corrected chi connectivity index (χ2v) is 8.40. The third kappa shape index (κ3) is 9.91. The minimum absolute atomic E-state index is 0. The smallest absolute Gasteiger partial charge is 0.199 e. The van der Waals surface area contributed by atoms with E-state index in [1.54, 1.807) is 11.1 Å². The number of rotatable bonds is 0. The van der Waals surface area contributed by atoms with Crippen molar-refractivity contribution in [2.75, 3.05) is 0 Å². The molecule has 0 saturated heterocycles. The van der Waals surface area contributed by atoms with Crippen molar-refractivity contribution in [1.29, 1.82) is 0 Å². The van der Waals surface area contributed by atoms with Crippen LogP contribution in [0.25, 0.3) is 10.8 Å². The monoisotopic (exact) mass is 490 g/mol. The van der Waals surface area contributed by atoms with Crippen molar-refractivity contribution in [3.63, 3.8) is 0 Å². The van der Waals surface area contributed by atoms with Crippen LogP contribution < -0.4 is 0 Å². The van der Waals surface area contributed by atoms with E-state index in [-0.39, 0.29) is 21.7 Å². The van der Waals surface area contributed by atoms with Gasteiger partial charge in [0.05, 0.1) is 0 Å². The second-order valence-electron chi connectivity index (χ2n) is 8.40. The van der Waals surface area contributed by atoms with E-state index < -0.39 is 0 Å². The first-order valence-electron chi connectivity index (χ1n) is 11.9. The number of hydrogen-bond acceptors (Lipinski definition) is 0. The standard InChI is InChI=1S/C13H13.3C7H7.Ti/c1-3-7-12-10(5-1)9-11-6-2-4-8-13(11)12;3*1-7-5-3-2-4-6-7;/h1,3,5,7,9H,2,4,6,8H2;3*2-6H,1H2;/q4*-1;+4. The Morgan fingerprint density at radius 3 is 1.31 bits per heavy atom. The Morgan fingerprint density at radius 1 is 0.486 bits per heavy atom. The van der Waals surface area contributed by atoms with Gasteiger partial charge in [-0.3, -0.25) is 0 Å². The van der Waals surface area contributed by atoms with Crippen molar-refractivity contribution >= 4 is 10.8 Å². The van der Waals surface area contributed by atoms with Gasteiger partial charge in [-0.15, -0.1) is 77.0 Å². The maximum atomic E-state index is 3.72. The van der Waals surface area contributed by atoms with E-state index in [0.29, 0.717) is 0 Å². The van der Waals surface area contributed by atoms with Crippen molar-refractivity contribution in [1.82, 2.24) is 0 Å². The van der Waals surface area contributed by atoms with E-state index in [0.717, 1.165) is 16.7 Å². The first-order valence-corrected chi connectivity index (χ1v) is 11.9. The fraction of sp³-hybridized carbons (Fsp3) is 0.118. The van der Waals surface area contributed by atoms with Gasteiger partial charge in [0, 0.05) is 0 Å². The van der Waals surface area contributed by atoms with Crippen molar-refractivity contribution in [2.24, 2.45) is 0 Å². The Labute approximate surface area is 227 Å². The van der Waals surface area contributed by atoms with Gasteiger partial charge in [-0.2, -0.15) is 79.4 Å². The largest absolute Gasteiger partial charge is 4.00 e. The molecule has 0 amide bonds. The Morgan fingerprint density at radius 2 is 0.886 bits per heavy atom. The summed E-state index contributed by atoms with van der Waals surface area (Å²) in [7, 11) is 0. The van der Waals surface area contributed by atoms with Gasteiger partial charge in [0.1, 0.15) is 0 Å². The van der Waals surface area contributed by atoms with Gasteiger partial charge in [-0.05, 0) is 6.42 Å². The molecule has 0 aromatic heterocycles. The molecule has 0 nitrogen and oxygen atoms in total. The third-order valence-electron chi connectivity index (χ3n) is 5.65. The van der Waals surface area contributed by atoms with E-state index in [9.17, 15) is 0 Å². The molecule has 6 rings (SSSR count). The molecule has 1 aliphatic rings. The predicted octanol–water partition coefficient (Wildman–Crippen LogP) is 9.04. The molecule has 5 aromatic carbocycles. The van der Waals surface area contributed by atoms with E-state index in [4.69, 9.17) is 0 Å². The first kappa shape index (κ1) is 28.1. The summed E-state index contributed by atoms with van der Waals surface area (Å²) in [5.74, 6) is 0. The molecule has 0 radical (unpaired) electrons. The van der Waals surface area contributed by atoms with Crippen molar-refractivity contribution in [3.05, 3.63) is 170 Å². The van der Waals surface area contributed by atoms with Crippen LogP contribution in [-0.4, -0.2) is 0 Å². The molecule has 174 valence electrons. The summed E-state index contributed by atoms with van der Waals surface area (Å²) < 4.78 is 0. The Balaban J connectivity index is 0.000000172. The zero-order valence-electron chi connectivity index (χ0n) is 20.5. The summed E-state index contributed by atoms with van der Waals surface area (Å²) in [4.78, 5) is 0. The molecule has 0 bridgehead atoms. The van der Waals surface area contributed by atoms with E-state index in [1.165, 1.54) is 36.5 Å². The molecule has 0 saturated carbocycles. The van der Waals surface area contributed by atoms with Gasteiger partial charge < -0.3 is 0 Å². The minimum atomic E-state index is 0. The maximum absolute atomic E-state index is 3.72. The van der Waals surface area contributed by atoms with Crippen LogP contribution in [0.5, 0.6) is 0 Å². The average Bonchev–Trinajstić information content (AvgIpc) is 3.26. The molecule has 1 heteroatoms. The molecule has 5 aromatic rings. The van der Waals surface area contributed by atoms with Crippen molar-refractivity contribution in [2.45, 2.75) is 25.7 Å². The second kappa shape index (κ2) is 15.7. The van der Waals surface area contributed by atoms with Gasteiger partial charge in [0.25, 0.3) is 0 Å². The fourth-order valence-corrected chi connectivity index (χ4v) is 3.92. The van der Waals surface area contributed by atoms with Crippen LogP contribution in [0.1, 0.15) is 40.7 Å². The Bertz CT molecular complexity index is 1120. The topological polar surface area (TPSA) is 0 Å². The first-order chi connectivity index (χ1) is 16.6. The van der Waals surface area contributed by atoms with Crippen LogP contribution in [-0.2, 0) is 34.6 Å². The summed E-state index contributed by atoms with van der Waals surface area (Å²) in [6.45, 7) is 11.2. The van der Waals surface area contributed by atoms with E-state index in [2.05, 4.69) is 51.1 Å². The van der Waals surface area contributed by atoms with Gasteiger partial charge in [0.15, 0.2) is 0 Å². The summed E-state index contributed by atoms with van der Waals surface area (Å²) in [6, 6.07) is 40.8. The third-order valence-corrected chi connectivity index (χ3v) is 5.65. The molecular formula is C34H34Ti. The van der Waals surface area contributed by atoms with Crippen molar-refractivity contribution in [3.8, 4) is 0 Å². The number of benzene rings is 4. The normalized spacial score (nSPS) is 11.1. The number of hydrogen-bond donors (Lipinski definition) is 0. The van der Waals surface area contributed by atoms with E-state index in [1.807, 2.05) is 91.0 Å². The molecular weight excluding hydrogens is 456 g/mol. The molecule has 0 atom stereocenters. The van der Waals surface area contributed by atoms with Gasteiger partial charge in [-0.1, -0.05) is 43.5 Å². The summed E-state index contributed by atoms with van der Waals surface area (Å²) >= 11 is 0. The number of fused-ring (bicyclic) bond motifs is 3. The van der Waals surface area contributed by atoms with E-state index >= 15 is 0 Å². The molecule has 0 heterocycles. The molecule has 0 N–H and O–H groups in total. The van der Waals surface area contributed by atoms with Gasteiger partial charge >= 0.3 is 21.7 Å². The molecule has 0 aliphatic heterocycles. The Hall–Kier alpha value is -3.19. The van der Waals surface area contributed by atoms with Gasteiger partial charge in [-0.25, -0.2) is 0 Å². The SMILES string of the molecule is [CH2-]c1ccccc1.[CH2-]c1ccccc1.[CH2-]c1ccccc1.[Ti+4].c1ccc2c3c([cH-]c2c1)CCCC3. The molecule has 35 heavy (non-hydrogen) atoms. The summed E-state index contributed by atoms with van der Waals surface area (Å²) in [5.41, 5.74) is 6.45. The van der Waals surface area contributed by atoms with Crippen LogP contribution in [0.2, 0.25) is 0 Å². The van der Waals surface area contributed by atoms with Crippen molar-refractivity contribution < 1.29 is 21.7 Å². The zero-order chi connectivity index (χ0) is 24.0. The molecule has 0 fully saturated rings. The summed E-state index contributed by atoms with van der Waals surface area (Å²) in [6.07, 6.45) is 5.34. The maximum Gasteiger partial charge on any atom is 4.00 e. The van der Waals surface area contributed by atoms with Crippen LogP contribution in [0, 0.1) is 20.8 Å². The quantitative estimate of drug-likeness (QED) is 0.150. The van der Waals surface area contributed by atoms with Gasteiger partial charge in [0.2, 0.25) is 0 Å². The molecule has 1 aliphatic carbocycles. The zero-order valence-corrected chi connectivity index (χ0v) is 22.1. The molecule has 0 spiro atoms. The average molecular weight is 491 g/mol.